The van der Waals surface area contributed by atoms with Crippen molar-refractivity contribution in [1.82, 2.24) is 5.32 Å². The van der Waals surface area contributed by atoms with E-state index in [1.54, 1.807) is 25.1 Å². The molecule has 0 radical (unpaired) electrons. The second-order valence-corrected chi connectivity index (χ2v) is 5.32. The van der Waals surface area contributed by atoms with E-state index < -0.39 is 12.1 Å². The number of carbonyl (C=O) groups is 2. The zero-order chi connectivity index (χ0) is 16.0. The van der Waals surface area contributed by atoms with Crippen LogP contribution in [0.4, 0.5) is 5.69 Å². The van der Waals surface area contributed by atoms with Crippen LogP contribution in [0.3, 0.4) is 0 Å². The number of ether oxygens (including phenoxy) is 1. The fraction of sp³-hybridized carbons (Fsp3) is 0.500. The highest BCUT2D eigenvalue weighted by Gasteiger charge is 2.20. The van der Waals surface area contributed by atoms with Crippen molar-refractivity contribution in [3.05, 3.63) is 29.3 Å². The van der Waals surface area contributed by atoms with Gasteiger partial charge in [-0.15, -0.1) is 0 Å². The first-order chi connectivity index (χ1) is 9.85. The Hall–Kier alpha value is -2.04. The van der Waals surface area contributed by atoms with Crippen molar-refractivity contribution in [2.45, 2.75) is 52.7 Å². The highest BCUT2D eigenvalue weighted by atomic mass is 16.5. The predicted octanol–water partition coefficient (Wildman–Crippen LogP) is 2.43. The summed E-state index contributed by atoms with van der Waals surface area (Å²) in [6.45, 7) is 7.36. The van der Waals surface area contributed by atoms with Crippen LogP contribution in [0.25, 0.3) is 0 Å². The summed E-state index contributed by atoms with van der Waals surface area (Å²) in [6.07, 6.45) is 1.05. The standard InChI is InChI=1S/C16H24N2O3/c1-5-6-11(3)18-15(19)12(4)21-16(20)13-7-8-14(17)10(2)9-13/h7-9,11-12H,5-6,17H2,1-4H3,(H,18,19). The van der Waals surface area contributed by atoms with Gasteiger partial charge >= 0.3 is 5.97 Å². The second kappa shape index (κ2) is 7.67. The molecule has 1 aromatic rings. The van der Waals surface area contributed by atoms with Gasteiger partial charge in [0, 0.05) is 11.7 Å². The summed E-state index contributed by atoms with van der Waals surface area (Å²) < 4.78 is 5.18. The Balaban J connectivity index is 2.60. The van der Waals surface area contributed by atoms with Gasteiger partial charge in [0.1, 0.15) is 0 Å². The monoisotopic (exact) mass is 292 g/mol. The summed E-state index contributed by atoms with van der Waals surface area (Å²) in [5.74, 6) is -0.805. The molecular weight excluding hydrogens is 268 g/mol. The third-order valence-corrected chi connectivity index (χ3v) is 3.27. The molecule has 2 unspecified atom stereocenters. The van der Waals surface area contributed by atoms with Crippen LogP contribution in [0.2, 0.25) is 0 Å². The van der Waals surface area contributed by atoms with E-state index in [0.717, 1.165) is 18.4 Å². The van der Waals surface area contributed by atoms with Gasteiger partial charge in [0.25, 0.3) is 5.91 Å². The van der Waals surface area contributed by atoms with Crippen LogP contribution in [0.15, 0.2) is 18.2 Å². The van der Waals surface area contributed by atoms with Crippen molar-refractivity contribution in [2.24, 2.45) is 0 Å². The van der Waals surface area contributed by atoms with Crippen molar-refractivity contribution in [3.63, 3.8) is 0 Å². The smallest absolute Gasteiger partial charge is 0.338 e. The molecule has 0 aromatic heterocycles. The molecular formula is C16H24N2O3. The molecule has 0 aliphatic rings. The number of esters is 1. The van der Waals surface area contributed by atoms with Gasteiger partial charge in [-0.05, 0) is 51.0 Å². The van der Waals surface area contributed by atoms with E-state index in [1.807, 2.05) is 13.8 Å². The first-order valence-electron chi connectivity index (χ1n) is 7.22. The van der Waals surface area contributed by atoms with Gasteiger partial charge in [-0.2, -0.15) is 0 Å². The Morgan fingerprint density at radius 3 is 2.57 bits per heavy atom. The second-order valence-electron chi connectivity index (χ2n) is 5.32. The van der Waals surface area contributed by atoms with Crippen LogP contribution < -0.4 is 11.1 Å². The summed E-state index contributed by atoms with van der Waals surface area (Å²) in [5, 5.41) is 2.82. The summed E-state index contributed by atoms with van der Waals surface area (Å²) in [7, 11) is 0. The van der Waals surface area contributed by atoms with Gasteiger partial charge in [0.2, 0.25) is 0 Å². The Morgan fingerprint density at radius 1 is 1.33 bits per heavy atom. The molecule has 0 spiro atoms. The van der Waals surface area contributed by atoms with Gasteiger partial charge in [0.15, 0.2) is 6.10 Å². The molecule has 5 heteroatoms. The molecule has 116 valence electrons. The lowest BCUT2D eigenvalue weighted by Crippen LogP contribution is -2.40. The van der Waals surface area contributed by atoms with E-state index in [4.69, 9.17) is 10.5 Å². The zero-order valence-corrected chi connectivity index (χ0v) is 13.1. The lowest BCUT2D eigenvalue weighted by Gasteiger charge is -2.17. The summed E-state index contributed by atoms with van der Waals surface area (Å²) in [5.41, 5.74) is 7.52. The first kappa shape index (κ1) is 17.0. The molecule has 0 bridgehead atoms. The topological polar surface area (TPSA) is 81.4 Å². The van der Waals surface area contributed by atoms with Crippen LogP contribution in [-0.2, 0) is 9.53 Å². The number of amides is 1. The van der Waals surface area contributed by atoms with E-state index in [1.165, 1.54) is 0 Å². The van der Waals surface area contributed by atoms with Crippen molar-refractivity contribution >= 4 is 17.6 Å². The van der Waals surface area contributed by atoms with Gasteiger partial charge in [0.05, 0.1) is 5.56 Å². The van der Waals surface area contributed by atoms with Gasteiger partial charge in [-0.1, -0.05) is 13.3 Å². The number of nitrogens with one attached hydrogen (secondary N) is 1. The number of anilines is 1. The minimum absolute atomic E-state index is 0.0717. The first-order valence-corrected chi connectivity index (χ1v) is 7.22. The lowest BCUT2D eigenvalue weighted by molar-refractivity contribution is -0.129. The predicted molar refractivity (Wildman–Crippen MR) is 83.0 cm³/mol. The molecule has 0 saturated carbocycles. The van der Waals surface area contributed by atoms with E-state index in [-0.39, 0.29) is 11.9 Å². The molecule has 5 nitrogen and oxygen atoms in total. The van der Waals surface area contributed by atoms with Gasteiger partial charge < -0.3 is 15.8 Å². The van der Waals surface area contributed by atoms with Crippen molar-refractivity contribution in [1.29, 1.82) is 0 Å². The molecule has 0 fully saturated rings. The van der Waals surface area contributed by atoms with Gasteiger partial charge in [-0.25, -0.2) is 4.79 Å². The molecule has 0 aliphatic heterocycles. The third kappa shape index (κ3) is 5.10. The molecule has 1 amide bonds. The fourth-order valence-electron chi connectivity index (χ4n) is 1.95. The zero-order valence-electron chi connectivity index (χ0n) is 13.1. The molecule has 0 heterocycles. The minimum Gasteiger partial charge on any atom is -0.449 e. The van der Waals surface area contributed by atoms with Crippen molar-refractivity contribution in [2.75, 3.05) is 5.73 Å². The Morgan fingerprint density at radius 2 is 2.00 bits per heavy atom. The molecule has 1 aromatic carbocycles. The summed E-state index contributed by atoms with van der Waals surface area (Å²) >= 11 is 0. The van der Waals surface area contributed by atoms with Gasteiger partial charge in [-0.3, -0.25) is 4.79 Å². The molecule has 0 saturated heterocycles. The molecule has 2 atom stereocenters. The normalized spacial score (nSPS) is 13.3. The third-order valence-electron chi connectivity index (χ3n) is 3.27. The SMILES string of the molecule is CCCC(C)NC(=O)C(C)OC(=O)c1ccc(N)c(C)c1. The summed E-state index contributed by atoms with van der Waals surface area (Å²) in [6, 6.07) is 4.97. The Bertz CT molecular complexity index is 514. The fourth-order valence-corrected chi connectivity index (χ4v) is 1.95. The van der Waals surface area contributed by atoms with E-state index in [2.05, 4.69) is 12.2 Å². The maximum absolute atomic E-state index is 12.0. The highest BCUT2D eigenvalue weighted by Crippen LogP contribution is 2.14. The number of nitrogen functional groups attached to an aromatic ring is 1. The number of rotatable bonds is 6. The largest absolute Gasteiger partial charge is 0.449 e. The van der Waals surface area contributed by atoms with Crippen LogP contribution in [0.1, 0.15) is 49.5 Å². The lowest BCUT2D eigenvalue weighted by atomic mass is 10.1. The van der Waals surface area contributed by atoms with E-state index >= 15 is 0 Å². The molecule has 1 rings (SSSR count). The number of carbonyl (C=O) groups excluding carboxylic acids is 2. The Labute approximate surface area is 125 Å². The molecule has 3 N–H and O–H groups in total. The molecule has 0 aliphatic carbocycles. The van der Waals surface area contributed by atoms with Crippen LogP contribution in [0.5, 0.6) is 0 Å². The number of benzene rings is 1. The molecule has 21 heavy (non-hydrogen) atoms. The Kier molecular flexibility index (Phi) is 6.21. The van der Waals surface area contributed by atoms with Crippen LogP contribution in [0, 0.1) is 6.92 Å². The number of nitrogens with two attached hydrogens (primary N) is 1. The number of aryl methyl sites for hydroxylation is 1. The number of hydrogen-bond donors (Lipinski definition) is 2. The van der Waals surface area contributed by atoms with Crippen molar-refractivity contribution in [3.8, 4) is 0 Å². The van der Waals surface area contributed by atoms with Crippen LogP contribution in [-0.4, -0.2) is 24.0 Å². The highest BCUT2D eigenvalue weighted by molar-refractivity contribution is 5.92. The average Bonchev–Trinajstić information content (AvgIpc) is 2.41. The summed E-state index contributed by atoms with van der Waals surface area (Å²) in [4.78, 5) is 23.9. The van der Waals surface area contributed by atoms with E-state index in [9.17, 15) is 9.59 Å². The maximum Gasteiger partial charge on any atom is 0.338 e. The maximum atomic E-state index is 12.0. The minimum atomic E-state index is -0.824. The number of hydrogen-bond acceptors (Lipinski definition) is 4. The van der Waals surface area contributed by atoms with Crippen molar-refractivity contribution < 1.29 is 14.3 Å². The quantitative estimate of drug-likeness (QED) is 0.623. The van der Waals surface area contributed by atoms with Crippen LogP contribution >= 0.6 is 0 Å². The van der Waals surface area contributed by atoms with E-state index in [0.29, 0.717) is 11.3 Å². The average molecular weight is 292 g/mol.